The van der Waals surface area contributed by atoms with Gasteiger partial charge in [0.25, 0.3) is 0 Å². The second-order valence-electron chi connectivity index (χ2n) is 4.90. The fraction of sp³-hybridized carbons (Fsp3) is 0.400. The van der Waals surface area contributed by atoms with Crippen molar-refractivity contribution in [3.63, 3.8) is 0 Å². The lowest BCUT2D eigenvalue weighted by molar-refractivity contribution is -0.0358. The van der Waals surface area contributed by atoms with Crippen molar-refractivity contribution in [1.82, 2.24) is 15.0 Å². The zero-order valence-corrected chi connectivity index (χ0v) is 12.6. The van der Waals surface area contributed by atoms with Gasteiger partial charge in [-0.25, -0.2) is 15.0 Å². The first-order chi connectivity index (χ1) is 11.0. The van der Waals surface area contributed by atoms with Crippen molar-refractivity contribution < 1.29 is 26.3 Å². The third-order valence-electron chi connectivity index (χ3n) is 2.82. The Kier molecular flexibility index (Phi) is 5.91. The summed E-state index contributed by atoms with van der Waals surface area (Å²) in [7, 11) is 0. The van der Waals surface area contributed by atoms with Gasteiger partial charge in [0, 0.05) is 19.3 Å². The van der Waals surface area contributed by atoms with E-state index in [4.69, 9.17) is 0 Å². The Morgan fingerprint density at radius 3 is 0.958 bits per heavy atom. The van der Waals surface area contributed by atoms with Crippen molar-refractivity contribution in [3.05, 3.63) is 55.4 Å². The molecule has 0 aliphatic heterocycles. The fourth-order valence-electron chi connectivity index (χ4n) is 1.68. The number of hydrogen-bond donors (Lipinski definition) is 0. The molecular weight excluding hydrogens is 336 g/mol. The van der Waals surface area contributed by atoms with Crippen LogP contribution in [-0.2, 0) is 17.8 Å². The quantitative estimate of drug-likeness (QED) is 0.470. The third kappa shape index (κ3) is 4.42. The minimum absolute atomic E-state index is 0.799. The van der Waals surface area contributed by atoms with Crippen LogP contribution in [0.25, 0.3) is 0 Å². The van der Waals surface area contributed by atoms with Gasteiger partial charge in [-0.3, -0.25) is 0 Å². The van der Waals surface area contributed by atoms with Gasteiger partial charge in [0.2, 0.25) is 17.5 Å². The molecule has 1 aromatic heterocycles. The van der Waals surface area contributed by atoms with Gasteiger partial charge in [-0.1, -0.05) is 18.2 Å². The first-order valence-electron chi connectivity index (χ1n) is 6.74. The molecule has 0 saturated carbocycles. The van der Waals surface area contributed by atoms with Gasteiger partial charge in [0.1, 0.15) is 0 Å². The monoisotopic (exact) mass is 351 g/mol. The summed E-state index contributed by atoms with van der Waals surface area (Å²) in [5, 5.41) is 0. The lowest BCUT2D eigenvalue weighted by Crippen LogP contribution is -2.28. The highest BCUT2D eigenvalue weighted by molar-refractivity contribution is 5.12. The molecule has 0 aliphatic rings. The van der Waals surface area contributed by atoms with E-state index >= 15 is 0 Å². The second kappa shape index (κ2) is 7.14. The molecule has 0 bridgehead atoms. The van der Waals surface area contributed by atoms with Gasteiger partial charge in [0.05, 0.1) is 0 Å². The van der Waals surface area contributed by atoms with Gasteiger partial charge < -0.3 is 0 Å². The average Bonchev–Trinajstić information content (AvgIpc) is 2.46. The molecule has 1 rings (SSSR count). The fourth-order valence-corrected chi connectivity index (χ4v) is 1.68. The van der Waals surface area contributed by atoms with Crippen molar-refractivity contribution in [2.45, 2.75) is 37.0 Å². The number of aromatic nitrogens is 3. The molecule has 0 saturated heterocycles. The van der Waals surface area contributed by atoms with Crippen LogP contribution < -0.4 is 0 Å². The molecule has 0 aliphatic carbocycles. The van der Waals surface area contributed by atoms with Crippen LogP contribution in [0.5, 0.6) is 0 Å². The molecule has 132 valence electrons. The molecule has 9 heteroatoms. The van der Waals surface area contributed by atoms with Crippen molar-refractivity contribution in [2.24, 2.45) is 0 Å². The second-order valence-corrected chi connectivity index (χ2v) is 4.90. The molecule has 0 atom stereocenters. The van der Waals surface area contributed by atoms with E-state index in [0.717, 1.165) is 18.2 Å². The number of hydrogen-bond acceptors (Lipinski definition) is 3. The van der Waals surface area contributed by atoms with Crippen molar-refractivity contribution >= 4 is 0 Å². The lowest BCUT2D eigenvalue weighted by atomic mass is 10.1. The Morgan fingerprint density at radius 2 is 0.792 bits per heavy atom. The van der Waals surface area contributed by atoms with Crippen LogP contribution in [0.4, 0.5) is 26.3 Å². The van der Waals surface area contributed by atoms with Crippen LogP contribution in [-0.4, -0.2) is 15.0 Å². The number of rotatable bonds is 9. The Hall–Kier alpha value is -2.19. The van der Waals surface area contributed by atoms with E-state index in [0.29, 0.717) is 0 Å². The lowest BCUT2D eigenvalue weighted by Gasteiger charge is -2.20. The highest BCUT2D eigenvalue weighted by Gasteiger charge is 2.43. The van der Waals surface area contributed by atoms with E-state index < -0.39 is 54.5 Å². The molecule has 0 radical (unpaired) electrons. The summed E-state index contributed by atoms with van der Waals surface area (Å²) in [6.07, 6.45) is -0.617. The first kappa shape index (κ1) is 19.9. The summed E-state index contributed by atoms with van der Waals surface area (Å²) in [5.74, 6) is -15.9. The van der Waals surface area contributed by atoms with Crippen molar-refractivity contribution in [2.75, 3.05) is 0 Å². The number of halogens is 6. The van der Waals surface area contributed by atoms with E-state index in [9.17, 15) is 26.3 Å². The van der Waals surface area contributed by atoms with Crippen LogP contribution in [0.1, 0.15) is 36.7 Å². The summed E-state index contributed by atoms with van der Waals surface area (Å²) in [4.78, 5) is 9.03. The van der Waals surface area contributed by atoms with Crippen LogP contribution in [0.3, 0.4) is 0 Å². The predicted octanol–water partition coefficient (Wildman–Crippen LogP) is 4.88. The Balaban J connectivity index is 3.59. The summed E-state index contributed by atoms with van der Waals surface area (Å²) in [6, 6.07) is 0. The van der Waals surface area contributed by atoms with E-state index in [1.54, 1.807) is 0 Å². The van der Waals surface area contributed by atoms with Crippen molar-refractivity contribution in [3.8, 4) is 0 Å². The Morgan fingerprint density at radius 1 is 0.583 bits per heavy atom. The molecule has 0 aromatic carbocycles. The Bertz CT molecular complexity index is 530. The zero-order valence-electron chi connectivity index (χ0n) is 12.6. The molecule has 1 heterocycles. The van der Waals surface area contributed by atoms with Crippen LogP contribution in [0.15, 0.2) is 38.0 Å². The minimum Gasteiger partial charge on any atom is -0.205 e. The van der Waals surface area contributed by atoms with Gasteiger partial charge in [0.15, 0.2) is 0 Å². The van der Waals surface area contributed by atoms with Gasteiger partial charge in [-0.2, -0.15) is 26.3 Å². The van der Waals surface area contributed by atoms with Gasteiger partial charge in [-0.15, -0.1) is 19.7 Å². The number of nitrogens with zero attached hydrogens (tertiary/aromatic N) is 3. The molecule has 0 spiro atoms. The van der Waals surface area contributed by atoms with E-state index in [1.165, 1.54) is 0 Å². The predicted molar refractivity (Wildman–Crippen MR) is 76.0 cm³/mol. The largest absolute Gasteiger partial charge is 0.310 e. The average molecular weight is 351 g/mol. The van der Waals surface area contributed by atoms with E-state index in [2.05, 4.69) is 34.7 Å². The Labute approximate surface area is 134 Å². The maximum Gasteiger partial charge on any atom is 0.310 e. The summed E-state index contributed by atoms with van der Waals surface area (Å²) in [6.45, 7) is 9.30. The molecule has 0 fully saturated rings. The molecule has 3 nitrogen and oxygen atoms in total. The number of alkyl halides is 6. The maximum absolute atomic E-state index is 13.9. The number of allylic oxidation sites excluding steroid dienone is 3. The van der Waals surface area contributed by atoms with Crippen LogP contribution in [0, 0.1) is 0 Å². The normalized spacial score (nSPS) is 12.8. The molecule has 0 amide bonds. The van der Waals surface area contributed by atoms with Crippen LogP contribution in [0.2, 0.25) is 0 Å². The van der Waals surface area contributed by atoms with Gasteiger partial charge >= 0.3 is 17.8 Å². The highest BCUT2D eigenvalue weighted by Crippen LogP contribution is 2.37. The maximum atomic E-state index is 13.9. The SMILES string of the molecule is C=CCC(F)(F)c1nc(C(F)(F)CC=C)nc(C(F)(F)CC=C)n1. The standard InChI is InChI=1S/C15H15F6N3/c1-4-7-13(16,17)10-22-11(14(18,19)8-5-2)24-12(23-10)15(20,21)9-6-3/h4-6H,1-3,7-9H2. The first-order valence-corrected chi connectivity index (χ1v) is 6.74. The van der Waals surface area contributed by atoms with E-state index in [-0.39, 0.29) is 0 Å². The van der Waals surface area contributed by atoms with Crippen LogP contribution >= 0.6 is 0 Å². The smallest absolute Gasteiger partial charge is 0.205 e. The molecule has 0 N–H and O–H groups in total. The highest BCUT2D eigenvalue weighted by atomic mass is 19.3. The zero-order chi connectivity index (χ0) is 18.6. The summed E-state index contributed by atoms with van der Waals surface area (Å²) < 4.78 is 83.5. The summed E-state index contributed by atoms with van der Waals surface area (Å²) >= 11 is 0. The van der Waals surface area contributed by atoms with Crippen molar-refractivity contribution in [1.29, 1.82) is 0 Å². The molecular formula is C15H15F6N3. The molecule has 24 heavy (non-hydrogen) atoms. The molecule has 0 unspecified atom stereocenters. The molecule has 1 aromatic rings. The summed E-state index contributed by atoms with van der Waals surface area (Å²) in [5.41, 5.74) is 0. The topological polar surface area (TPSA) is 38.7 Å². The third-order valence-corrected chi connectivity index (χ3v) is 2.82. The minimum atomic E-state index is -3.84. The van der Waals surface area contributed by atoms with E-state index in [1.807, 2.05) is 0 Å². The van der Waals surface area contributed by atoms with Gasteiger partial charge in [-0.05, 0) is 0 Å².